The van der Waals surface area contributed by atoms with E-state index in [9.17, 15) is 0 Å². The van der Waals surface area contributed by atoms with Crippen molar-refractivity contribution in [3.8, 4) is 5.75 Å². The quantitative estimate of drug-likeness (QED) is 0.731. The minimum atomic E-state index is 0. The summed E-state index contributed by atoms with van der Waals surface area (Å²) in [5.74, 6) is 0.899. The molecule has 0 saturated heterocycles. The van der Waals surface area contributed by atoms with E-state index in [1.807, 2.05) is 31.2 Å². The van der Waals surface area contributed by atoms with Gasteiger partial charge in [-0.05, 0) is 24.6 Å². The highest BCUT2D eigenvalue weighted by molar-refractivity contribution is 5.85. The van der Waals surface area contributed by atoms with Crippen molar-refractivity contribution in [2.24, 2.45) is 0 Å². The van der Waals surface area contributed by atoms with Crippen molar-refractivity contribution in [2.75, 3.05) is 19.8 Å². The van der Waals surface area contributed by atoms with Crippen LogP contribution in [0.5, 0.6) is 5.75 Å². The molecule has 86 valence electrons. The zero-order chi connectivity index (χ0) is 10.2. The molecule has 1 aromatic rings. The number of nitrogens with one attached hydrogen (secondary N) is 1. The van der Waals surface area contributed by atoms with Crippen LogP contribution in [0.4, 0.5) is 0 Å². The number of hydrogen-bond acceptors (Lipinski definition) is 3. The fraction of sp³-hybridized carbons (Fsp3) is 0.455. The highest BCUT2D eigenvalue weighted by atomic mass is 35.5. The van der Waals surface area contributed by atoms with Gasteiger partial charge < -0.3 is 15.2 Å². The van der Waals surface area contributed by atoms with E-state index in [4.69, 9.17) is 9.84 Å². The summed E-state index contributed by atoms with van der Waals surface area (Å²) in [6.45, 7) is 4.22. The lowest BCUT2D eigenvalue weighted by molar-refractivity contribution is 0.292. The van der Waals surface area contributed by atoms with Crippen LogP contribution in [0.25, 0.3) is 0 Å². The first-order valence-corrected chi connectivity index (χ1v) is 4.90. The third kappa shape index (κ3) is 5.62. The molecule has 3 nitrogen and oxygen atoms in total. The smallest absolute Gasteiger partial charge is 0.119 e. The van der Waals surface area contributed by atoms with Crippen molar-refractivity contribution in [2.45, 2.75) is 13.5 Å². The Morgan fingerprint density at radius 2 is 2.20 bits per heavy atom. The lowest BCUT2D eigenvalue weighted by Gasteiger charge is -2.06. The summed E-state index contributed by atoms with van der Waals surface area (Å²) in [5, 5.41) is 11.7. The summed E-state index contributed by atoms with van der Waals surface area (Å²) in [5.41, 5.74) is 1.17. The van der Waals surface area contributed by atoms with Crippen molar-refractivity contribution >= 4 is 12.4 Å². The summed E-state index contributed by atoms with van der Waals surface area (Å²) >= 11 is 0. The maximum atomic E-state index is 8.60. The fourth-order valence-electron chi connectivity index (χ4n) is 1.22. The van der Waals surface area contributed by atoms with Crippen LogP contribution in [-0.4, -0.2) is 24.9 Å². The van der Waals surface area contributed by atoms with E-state index in [0.29, 0.717) is 13.2 Å². The molecular formula is C11H18ClNO2. The molecule has 0 aliphatic carbocycles. The molecule has 0 fully saturated rings. The zero-order valence-electron chi connectivity index (χ0n) is 8.90. The van der Waals surface area contributed by atoms with Gasteiger partial charge in [-0.1, -0.05) is 12.1 Å². The van der Waals surface area contributed by atoms with Crippen LogP contribution in [0.2, 0.25) is 0 Å². The first-order chi connectivity index (χ1) is 6.86. The largest absolute Gasteiger partial charge is 0.494 e. The normalized spacial score (nSPS) is 9.47. The molecule has 0 aromatic heterocycles. The summed E-state index contributed by atoms with van der Waals surface area (Å²) in [6.07, 6.45) is 0. The van der Waals surface area contributed by atoms with E-state index in [1.165, 1.54) is 5.56 Å². The van der Waals surface area contributed by atoms with Crippen molar-refractivity contribution in [1.82, 2.24) is 5.32 Å². The Hall–Kier alpha value is -0.770. The second-order valence-electron chi connectivity index (χ2n) is 2.98. The highest BCUT2D eigenvalue weighted by Gasteiger charge is 1.95. The van der Waals surface area contributed by atoms with Crippen LogP contribution in [-0.2, 0) is 6.54 Å². The monoisotopic (exact) mass is 231 g/mol. The second-order valence-corrected chi connectivity index (χ2v) is 2.98. The highest BCUT2D eigenvalue weighted by Crippen LogP contribution is 2.12. The lowest BCUT2D eigenvalue weighted by Crippen LogP contribution is -2.17. The average molecular weight is 232 g/mol. The van der Waals surface area contributed by atoms with Crippen LogP contribution in [0, 0.1) is 0 Å². The van der Waals surface area contributed by atoms with Crippen molar-refractivity contribution in [1.29, 1.82) is 0 Å². The van der Waals surface area contributed by atoms with Gasteiger partial charge in [-0.3, -0.25) is 0 Å². The first-order valence-electron chi connectivity index (χ1n) is 4.90. The minimum Gasteiger partial charge on any atom is -0.494 e. The number of aliphatic hydroxyl groups is 1. The number of ether oxygens (including phenoxy) is 1. The van der Waals surface area contributed by atoms with Crippen molar-refractivity contribution in [3.05, 3.63) is 29.8 Å². The molecule has 0 amide bonds. The van der Waals surface area contributed by atoms with Gasteiger partial charge in [0, 0.05) is 13.1 Å². The maximum absolute atomic E-state index is 8.60. The second kappa shape index (κ2) is 8.53. The van der Waals surface area contributed by atoms with Gasteiger partial charge in [-0.2, -0.15) is 0 Å². The molecule has 0 radical (unpaired) electrons. The Bertz CT molecular complexity index is 269. The number of benzene rings is 1. The molecule has 0 aliphatic heterocycles. The van der Waals surface area contributed by atoms with Crippen LogP contribution < -0.4 is 10.1 Å². The van der Waals surface area contributed by atoms with Crippen molar-refractivity contribution in [3.63, 3.8) is 0 Å². The van der Waals surface area contributed by atoms with Crippen LogP contribution in [0.15, 0.2) is 24.3 Å². The third-order valence-corrected chi connectivity index (χ3v) is 1.83. The number of aliphatic hydroxyl groups excluding tert-OH is 1. The Morgan fingerprint density at radius 1 is 1.40 bits per heavy atom. The standard InChI is InChI=1S/C11H17NO2.ClH/c1-2-14-11-5-3-4-10(8-11)9-12-6-7-13;/h3-5,8,12-13H,2,6-7,9H2,1H3;1H. The third-order valence-electron chi connectivity index (χ3n) is 1.83. The van der Waals surface area contributed by atoms with E-state index < -0.39 is 0 Å². The SMILES string of the molecule is CCOc1cccc(CNCCO)c1.Cl. The van der Waals surface area contributed by atoms with E-state index in [0.717, 1.165) is 12.3 Å². The van der Waals surface area contributed by atoms with Gasteiger partial charge in [0.05, 0.1) is 13.2 Å². The molecule has 0 spiro atoms. The Morgan fingerprint density at radius 3 is 2.87 bits per heavy atom. The molecule has 0 bridgehead atoms. The Balaban J connectivity index is 0.00000196. The van der Waals surface area contributed by atoms with Gasteiger partial charge in [0.15, 0.2) is 0 Å². The topological polar surface area (TPSA) is 41.5 Å². The Kier molecular flexibility index (Phi) is 8.09. The average Bonchev–Trinajstić information content (AvgIpc) is 2.19. The van der Waals surface area contributed by atoms with Gasteiger partial charge in [0.2, 0.25) is 0 Å². The molecule has 4 heteroatoms. The molecule has 0 saturated carbocycles. The van der Waals surface area contributed by atoms with E-state index >= 15 is 0 Å². The van der Waals surface area contributed by atoms with Gasteiger partial charge >= 0.3 is 0 Å². The minimum absolute atomic E-state index is 0. The van der Waals surface area contributed by atoms with Crippen LogP contribution in [0.1, 0.15) is 12.5 Å². The molecule has 0 atom stereocenters. The maximum Gasteiger partial charge on any atom is 0.119 e. The molecule has 1 aromatic carbocycles. The Labute approximate surface area is 96.9 Å². The van der Waals surface area contributed by atoms with Crippen LogP contribution >= 0.6 is 12.4 Å². The van der Waals surface area contributed by atoms with E-state index in [-0.39, 0.29) is 19.0 Å². The molecular weight excluding hydrogens is 214 g/mol. The summed E-state index contributed by atoms with van der Waals surface area (Å²) in [7, 11) is 0. The van der Waals surface area contributed by atoms with Gasteiger partial charge in [0.1, 0.15) is 5.75 Å². The van der Waals surface area contributed by atoms with Gasteiger partial charge in [-0.25, -0.2) is 0 Å². The molecule has 0 heterocycles. The zero-order valence-corrected chi connectivity index (χ0v) is 9.72. The number of hydrogen-bond donors (Lipinski definition) is 2. The molecule has 2 N–H and O–H groups in total. The van der Waals surface area contributed by atoms with Gasteiger partial charge in [0.25, 0.3) is 0 Å². The lowest BCUT2D eigenvalue weighted by atomic mass is 10.2. The van der Waals surface area contributed by atoms with E-state index in [2.05, 4.69) is 5.32 Å². The number of rotatable bonds is 6. The van der Waals surface area contributed by atoms with Crippen LogP contribution in [0.3, 0.4) is 0 Å². The van der Waals surface area contributed by atoms with E-state index in [1.54, 1.807) is 0 Å². The first kappa shape index (κ1) is 14.2. The summed E-state index contributed by atoms with van der Waals surface area (Å²) in [6, 6.07) is 7.96. The summed E-state index contributed by atoms with van der Waals surface area (Å²) in [4.78, 5) is 0. The predicted molar refractivity (Wildman–Crippen MR) is 63.7 cm³/mol. The van der Waals surface area contributed by atoms with Crippen molar-refractivity contribution < 1.29 is 9.84 Å². The number of halogens is 1. The molecule has 15 heavy (non-hydrogen) atoms. The predicted octanol–water partition coefficient (Wildman–Crippen LogP) is 1.59. The fourth-order valence-corrected chi connectivity index (χ4v) is 1.22. The van der Waals surface area contributed by atoms with Gasteiger partial charge in [-0.15, -0.1) is 12.4 Å². The molecule has 1 rings (SSSR count). The summed E-state index contributed by atoms with van der Waals surface area (Å²) < 4.78 is 5.38. The molecule has 0 aliphatic rings. The molecule has 0 unspecified atom stereocenters.